The van der Waals surface area contributed by atoms with Crippen molar-refractivity contribution in [2.24, 2.45) is 5.92 Å². The van der Waals surface area contributed by atoms with Crippen molar-refractivity contribution in [3.05, 3.63) is 35.9 Å². The van der Waals surface area contributed by atoms with E-state index in [0.29, 0.717) is 11.8 Å². The van der Waals surface area contributed by atoms with Gasteiger partial charge in [0.05, 0.1) is 6.54 Å². The SMILES string of the molecule is CN(CC(=O)O)C1CCCN(C(=O)C2CCC(c3ccccc3)CC2)CC1. The summed E-state index contributed by atoms with van der Waals surface area (Å²) >= 11 is 0. The first-order valence-corrected chi connectivity index (χ1v) is 10.3. The van der Waals surface area contributed by atoms with Gasteiger partial charge < -0.3 is 10.0 Å². The Bertz CT molecular complexity index is 626. The molecule has 0 spiro atoms. The highest BCUT2D eigenvalue weighted by atomic mass is 16.4. The average Bonchev–Trinajstić information content (AvgIpc) is 2.94. The van der Waals surface area contributed by atoms with Gasteiger partial charge in [0.2, 0.25) is 5.91 Å². The summed E-state index contributed by atoms with van der Waals surface area (Å²) in [6, 6.07) is 10.9. The fraction of sp³-hybridized carbons (Fsp3) is 0.636. The maximum absolute atomic E-state index is 13.0. The molecular formula is C22H32N2O3. The van der Waals surface area contributed by atoms with E-state index in [1.54, 1.807) is 0 Å². The maximum atomic E-state index is 13.0. The van der Waals surface area contributed by atoms with Crippen molar-refractivity contribution in [3.8, 4) is 0 Å². The van der Waals surface area contributed by atoms with Crippen LogP contribution in [-0.4, -0.2) is 59.5 Å². The number of carboxylic acids is 1. The molecule has 3 rings (SSSR count). The lowest BCUT2D eigenvalue weighted by molar-refractivity contribution is -0.139. The summed E-state index contributed by atoms with van der Waals surface area (Å²) in [7, 11) is 1.88. The summed E-state index contributed by atoms with van der Waals surface area (Å²) in [5.41, 5.74) is 1.41. The molecule has 148 valence electrons. The molecule has 1 atom stereocenters. The minimum Gasteiger partial charge on any atom is -0.480 e. The highest BCUT2D eigenvalue weighted by Gasteiger charge is 2.31. The molecule has 1 aromatic carbocycles. The lowest BCUT2D eigenvalue weighted by atomic mass is 9.78. The van der Waals surface area contributed by atoms with Crippen molar-refractivity contribution >= 4 is 11.9 Å². The van der Waals surface area contributed by atoms with Crippen molar-refractivity contribution in [1.29, 1.82) is 0 Å². The molecule has 5 nitrogen and oxygen atoms in total. The van der Waals surface area contributed by atoms with Crippen molar-refractivity contribution in [1.82, 2.24) is 9.80 Å². The molecule has 2 fully saturated rings. The smallest absolute Gasteiger partial charge is 0.317 e. The summed E-state index contributed by atoms with van der Waals surface area (Å²) in [6.07, 6.45) is 6.95. The second kappa shape index (κ2) is 9.36. The molecular weight excluding hydrogens is 340 g/mol. The Kier molecular flexibility index (Phi) is 6.89. The van der Waals surface area contributed by atoms with Crippen LogP contribution in [0.25, 0.3) is 0 Å². The van der Waals surface area contributed by atoms with Gasteiger partial charge in [0, 0.05) is 25.0 Å². The molecule has 27 heavy (non-hydrogen) atoms. The van der Waals surface area contributed by atoms with Gasteiger partial charge in [0.1, 0.15) is 0 Å². The molecule has 1 saturated heterocycles. The van der Waals surface area contributed by atoms with Gasteiger partial charge in [-0.3, -0.25) is 14.5 Å². The molecule has 0 bridgehead atoms. The Morgan fingerprint density at radius 2 is 1.74 bits per heavy atom. The summed E-state index contributed by atoms with van der Waals surface area (Å²) < 4.78 is 0. The van der Waals surface area contributed by atoms with Gasteiger partial charge in [0.25, 0.3) is 0 Å². The quantitative estimate of drug-likeness (QED) is 0.861. The van der Waals surface area contributed by atoms with E-state index in [4.69, 9.17) is 5.11 Å². The van der Waals surface area contributed by atoms with E-state index >= 15 is 0 Å². The third kappa shape index (κ3) is 5.32. The van der Waals surface area contributed by atoms with E-state index in [1.165, 1.54) is 5.56 Å². The van der Waals surface area contributed by atoms with E-state index in [1.807, 2.05) is 16.8 Å². The van der Waals surface area contributed by atoms with Crippen molar-refractivity contribution in [2.45, 2.75) is 56.9 Å². The molecule has 1 aliphatic heterocycles. The number of nitrogens with zero attached hydrogens (tertiary/aromatic N) is 2. The number of carbonyl (C=O) groups excluding carboxylic acids is 1. The Labute approximate surface area is 162 Å². The van der Waals surface area contributed by atoms with E-state index in [-0.39, 0.29) is 18.5 Å². The van der Waals surface area contributed by atoms with Crippen LogP contribution in [0.1, 0.15) is 56.4 Å². The summed E-state index contributed by atoms with van der Waals surface area (Å²) in [4.78, 5) is 27.9. The number of benzene rings is 1. The molecule has 2 aliphatic rings. The molecule has 1 N–H and O–H groups in total. The number of carbonyl (C=O) groups is 2. The molecule has 1 heterocycles. The lowest BCUT2D eigenvalue weighted by Gasteiger charge is -2.32. The van der Waals surface area contributed by atoms with Crippen LogP contribution in [0.15, 0.2) is 30.3 Å². The first-order valence-electron chi connectivity index (χ1n) is 10.3. The van der Waals surface area contributed by atoms with Gasteiger partial charge in [-0.05, 0) is 63.5 Å². The second-order valence-electron chi connectivity index (χ2n) is 8.18. The molecule has 1 unspecified atom stereocenters. The van der Waals surface area contributed by atoms with Gasteiger partial charge >= 0.3 is 5.97 Å². The number of amides is 1. The molecule has 0 radical (unpaired) electrons. The number of hydrogen-bond donors (Lipinski definition) is 1. The normalized spacial score (nSPS) is 26.6. The third-order valence-electron chi connectivity index (χ3n) is 6.36. The number of likely N-dealkylation sites (tertiary alicyclic amines) is 1. The Morgan fingerprint density at radius 3 is 2.41 bits per heavy atom. The highest BCUT2D eigenvalue weighted by Crippen LogP contribution is 2.36. The summed E-state index contributed by atoms with van der Waals surface area (Å²) in [6.45, 7) is 1.64. The van der Waals surface area contributed by atoms with E-state index < -0.39 is 5.97 Å². The van der Waals surface area contributed by atoms with Crippen molar-refractivity contribution in [3.63, 3.8) is 0 Å². The Hall–Kier alpha value is -1.88. The van der Waals surface area contributed by atoms with Gasteiger partial charge in [-0.1, -0.05) is 30.3 Å². The molecule has 5 heteroatoms. The first-order chi connectivity index (χ1) is 13.0. The zero-order valence-electron chi connectivity index (χ0n) is 16.3. The topological polar surface area (TPSA) is 60.9 Å². The van der Waals surface area contributed by atoms with Crippen LogP contribution in [-0.2, 0) is 9.59 Å². The van der Waals surface area contributed by atoms with E-state index in [0.717, 1.165) is 58.0 Å². The van der Waals surface area contributed by atoms with Crippen LogP contribution in [0.5, 0.6) is 0 Å². The molecule has 1 aromatic rings. The van der Waals surface area contributed by atoms with Gasteiger partial charge in [-0.15, -0.1) is 0 Å². The monoisotopic (exact) mass is 372 g/mol. The van der Waals surface area contributed by atoms with Crippen LogP contribution < -0.4 is 0 Å². The predicted molar refractivity (Wildman–Crippen MR) is 106 cm³/mol. The molecule has 0 aromatic heterocycles. The zero-order chi connectivity index (χ0) is 19.2. The predicted octanol–water partition coefficient (Wildman–Crippen LogP) is 3.36. The fourth-order valence-electron chi connectivity index (χ4n) is 4.74. The molecule has 1 aliphatic carbocycles. The zero-order valence-corrected chi connectivity index (χ0v) is 16.3. The van der Waals surface area contributed by atoms with E-state index in [2.05, 4.69) is 30.3 Å². The van der Waals surface area contributed by atoms with Crippen LogP contribution in [0.2, 0.25) is 0 Å². The largest absolute Gasteiger partial charge is 0.480 e. The summed E-state index contributed by atoms with van der Waals surface area (Å²) in [5.74, 6) is 0.291. The summed E-state index contributed by atoms with van der Waals surface area (Å²) in [5, 5.41) is 8.99. The number of aliphatic carboxylic acids is 1. The second-order valence-corrected chi connectivity index (χ2v) is 8.18. The van der Waals surface area contributed by atoms with Crippen molar-refractivity contribution < 1.29 is 14.7 Å². The van der Waals surface area contributed by atoms with Gasteiger partial charge in [0.15, 0.2) is 0 Å². The third-order valence-corrected chi connectivity index (χ3v) is 6.36. The van der Waals surface area contributed by atoms with E-state index in [9.17, 15) is 9.59 Å². The van der Waals surface area contributed by atoms with Crippen LogP contribution in [0, 0.1) is 5.92 Å². The van der Waals surface area contributed by atoms with Crippen molar-refractivity contribution in [2.75, 3.05) is 26.7 Å². The number of likely N-dealkylation sites (N-methyl/N-ethyl adjacent to an activating group) is 1. The van der Waals surface area contributed by atoms with Gasteiger partial charge in [-0.25, -0.2) is 0 Å². The van der Waals surface area contributed by atoms with Crippen LogP contribution in [0.4, 0.5) is 0 Å². The minimum absolute atomic E-state index is 0.0715. The molecule has 1 amide bonds. The highest BCUT2D eigenvalue weighted by molar-refractivity contribution is 5.79. The van der Waals surface area contributed by atoms with Crippen LogP contribution >= 0.6 is 0 Å². The lowest BCUT2D eigenvalue weighted by Crippen LogP contribution is -2.40. The maximum Gasteiger partial charge on any atom is 0.317 e. The number of hydrogen-bond acceptors (Lipinski definition) is 3. The Morgan fingerprint density at radius 1 is 1.04 bits per heavy atom. The molecule has 1 saturated carbocycles. The number of rotatable bonds is 5. The van der Waals surface area contributed by atoms with Gasteiger partial charge in [-0.2, -0.15) is 0 Å². The standard InChI is InChI=1S/C22H32N2O3/c1-23(16-21(25)26)20-8-5-14-24(15-13-20)22(27)19-11-9-18(10-12-19)17-6-3-2-4-7-17/h2-4,6-7,18-20H,5,8-16H2,1H3,(H,25,26). The fourth-order valence-corrected chi connectivity index (χ4v) is 4.74. The average molecular weight is 373 g/mol. The first kappa shape index (κ1) is 19.9. The minimum atomic E-state index is -0.787. The van der Waals surface area contributed by atoms with Crippen LogP contribution in [0.3, 0.4) is 0 Å². The Balaban J connectivity index is 1.49. The number of carboxylic acid groups (broad SMARTS) is 1.